The zero-order valence-corrected chi connectivity index (χ0v) is 12.3. The van der Waals surface area contributed by atoms with Crippen molar-refractivity contribution in [2.45, 2.75) is 25.8 Å². The fourth-order valence-corrected chi connectivity index (χ4v) is 2.42. The van der Waals surface area contributed by atoms with Crippen LogP contribution in [0.3, 0.4) is 0 Å². The van der Waals surface area contributed by atoms with Gasteiger partial charge in [-0.25, -0.2) is 0 Å². The molecule has 2 N–H and O–H groups in total. The van der Waals surface area contributed by atoms with Gasteiger partial charge in [-0.15, -0.1) is 24.8 Å². The minimum Gasteiger partial charge on any atom is -0.330 e. The van der Waals surface area contributed by atoms with Crippen molar-refractivity contribution in [2.75, 3.05) is 19.6 Å². The Morgan fingerprint density at radius 2 is 2.00 bits per heavy atom. The lowest BCUT2D eigenvalue weighted by Crippen LogP contribution is -2.33. The van der Waals surface area contributed by atoms with Crippen LogP contribution >= 0.6 is 24.8 Å². The van der Waals surface area contributed by atoms with Gasteiger partial charge in [0.1, 0.15) is 0 Å². The molecule has 1 aromatic rings. The summed E-state index contributed by atoms with van der Waals surface area (Å²) in [6.45, 7) is 4.30. The Bertz CT molecular complexity index is 300. The molecule has 0 bridgehead atoms. The molecule has 1 aliphatic heterocycles. The van der Waals surface area contributed by atoms with Gasteiger partial charge < -0.3 is 5.73 Å². The molecule has 0 unspecified atom stereocenters. The lowest BCUT2D eigenvalue weighted by Gasteiger charge is -2.31. The summed E-state index contributed by atoms with van der Waals surface area (Å²) in [5.74, 6) is 0.857. The van der Waals surface area contributed by atoms with Crippen molar-refractivity contribution < 1.29 is 0 Å². The molecule has 0 aromatic carbocycles. The molecule has 5 heteroatoms. The van der Waals surface area contributed by atoms with Gasteiger partial charge in [0.15, 0.2) is 0 Å². The van der Waals surface area contributed by atoms with Crippen LogP contribution in [0.4, 0.5) is 0 Å². The Balaban J connectivity index is 0.00000144. The van der Waals surface area contributed by atoms with E-state index >= 15 is 0 Å². The zero-order chi connectivity index (χ0) is 11.2. The molecule has 18 heavy (non-hydrogen) atoms. The van der Waals surface area contributed by atoms with E-state index in [0.29, 0.717) is 0 Å². The van der Waals surface area contributed by atoms with Gasteiger partial charge in [-0.05, 0) is 56.4 Å². The van der Waals surface area contributed by atoms with Crippen LogP contribution in [0, 0.1) is 5.92 Å². The Hall–Kier alpha value is -0.350. The third-order valence-electron chi connectivity index (χ3n) is 3.41. The quantitative estimate of drug-likeness (QED) is 0.927. The van der Waals surface area contributed by atoms with Crippen LogP contribution in [0.15, 0.2) is 24.5 Å². The fraction of sp³-hybridized carbons (Fsp3) is 0.615. The molecule has 1 aliphatic rings. The predicted octanol–water partition coefficient (Wildman–Crippen LogP) is 2.49. The summed E-state index contributed by atoms with van der Waals surface area (Å²) in [5, 5.41) is 0. The van der Waals surface area contributed by atoms with Crippen molar-refractivity contribution >= 4 is 24.8 Å². The summed E-state index contributed by atoms with van der Waals surface area (Å²) in [7, 11) is 0. The minimum absolute atomic E-state index is 0. The van der Waals surface area contributed by atoms with E-state index in [-0.39, 0.29) is 24.8 Å². The highest BCUT2D eigenvalue weighted by molar-refractivity contribution is 5.85. The van der Waals surface area contributed by atoms with Crippen LogP contribution in [0.2, 0.25) is 0 Å². The molecule has 0 aliphatic carbocycles. The maximum Gasteiger partial charge on any atom is 0.0312 e. The van der Waals surface area contributed by atoms with Gasteiger partial charge in [-0.2, -0.15) is 0 Å². The van der Waals surface area contributed by atoms with E-state index in [1.807, 2.05) is 18.5 Å². The van der Waals surface area contributed by atoms with Crippen LogP contribution in [0.1, 0.15) is 24.8 Å². The van der Waals surface area contributed by atoms with Crippen molar-refractivity contribution in [3.8, 4) is 0 Å². The second-order valence-electron chi connectivity index (χ2n) is 4.66. The molecule has 0 spiro atoms. The first kappa shape index (κ1) is 17.6. The van der Waals surface area contributed by atoms with Crippen molar-refractivity contribution in [3.63, 3.8) is 0 Å². The van der Waals surface area contributed by atoms with Gasteiger partial charge in [0, 0.05) is 18.9 Å². The molecule has 2 rings (SSSR count). The second-order valence-corrected chi connectivity index (χ2v) is 4.66. The molecule has 1 aromatic heterocycles. The number of nitrogens with two attached hydrogens (primary N) is 1. The smallest absolute Gasteiger partial charge is 0.0312 e. The summed E-state index contributed by atoms with van der Waals surface area (Å²) >= 11 is 0. The largest absolute Gasteiger partial charge is 0.330 e. The van der Waals surface area contributed by atoms with E-state index in [9.17, 15) is 0 Å². The monoisotopic (exact) mass is 291 g/mol. The fourth-order valence-electron chi connectivity index (χ4n) is 2.42. The summed E-state index contributed by atoms with van der Waals surface area (Å²) in [4.78, 5) is 6.67. The van der Waals surface area contributed by atoms with Crippen molar-refractivity contribution in [3.05, 3.63) is 30.1 Å². The van der Waals surface area contributed by atoms with E-state index in [2.05, 4.69) is 16.0 Å². The number of nitrogens with zero attached hydrogens (tertiary/aromatic N) is 2. The lowest BCUT2D eigenvalue weighted by atomic mass is 9.93. The molecule has 2 heterocycles. The average Bonchev–Trinajstić information content (AvgIpc) is 2.33. The number of pyridine rings is 1. The molecule has 1 saturated heterocycles. The highest BCUT2D eigenvalue weighted by atomic mass is 35.5. The van der Waals surface area contributed by atoms with Crippen molar-refractivity contribution in [1.82, 2.24) is 9.88 Å². The molecule has 1 fully saturated rings. The zero-order valence-electron chi connectivity index (χ0n) is 10.6. The maximum atomic E-state index is 5.60. The van der Waals surface area contributed by atoms with Gasteiger partial charge in [0.05, 0.1) is 0 Å². The van der Waals surface area contributed by atoms with Crippen LogP contribution in [0.5, 0.6) is 0 Å². The summed E-state index contributed by atoms with van der Waals surface area (Å²) in [6, 6.07) is 4.16. The maximum absolute atomic E-state index is 5.60. The summed E-state index contributed by atoms with van der Waals surface area (Å²) in [5.41, 5.74) is 6.91. The third kappa shape index (κ3) is 5.53. The van der Waals surface area contributed by atoms with E-state index in [1.54, 1.807) is 0 Å². The number of piperidine rings is 1. The molecule has 0 radical (unpaired) electrons. The number of likely N-dealkylation sites (tertiary alicyclic amines) is 1. The molecular weight excluding hydrogens is 269 g/mol. The minimum atomic E-state index is 0. The Morgan fingerprint density at radius 1 is 1.28 bits per heavy atom. The normalized spacial score (nSPS) is 16.7. The number of halogens is 2. The number of rotatable bonds is 4. The molecule has 0 atom stereocenters. The first-order valence-electron chi connectivity index (χ1n) is 6.20. The number of aromatic nitrogens is 1. The molecule has 0 amide bonds. The number of hydrogen-bond acceptors (Lipinski definition) is 3. The Morgan fingerprint density at radius 3 is 2.56 bits per heavy atom. The lowest BCUT2D eigenvalue weighted by molar-refractivity contribution is 0.173. The van der Waals surface area contributed by atoms with Gasteiger partial charge in [-0.3, -0.25) is 9.88 Å². The SMILES string of the molecule is Cl.Cl.NCCC1CCN(Cc2cccnc2)CC1. The molecule has 104 valence electrons. The standard InChI is InChI=1S/C13H21N3.2ClH/c14-6-3-12-4-8-16(9-5-12)11-13-2-1-7-15-10-13;;/h1-2,7,10,12H,3-6,8-9,11,14H2;2*1H. The Kier molecular flexibility index (Phi) is 9.38. The second kappa shape index (κ2) is 9.56. The van der Waals surface area contributed by atoms with E-state index < -0.39 is 0 Å². The van der Waals surface area contributed by atoms with Crippen LogP contribution < -0.4 is 5.73 Å². The molecular formula is C13H23Cl2N3. The third-order valence-corrected chi connectivity index (χ3v) is 3.41. The average molecular weight is 292 g/mol. The van der Waals surface area contributed by atoms with Gasteiger partial charge >= 0.3 is 0 Å². The molecule has 0 saturated carbocycles. The van der Waals surface area contributed by atoms with Gasteiger partial charge in [0.25, 0.3) is 0 Å². The number of hydrogen-bond donors (Lipinski definition) is 1. The van der Waals surface area contributed by atoms with Crippen LogP contribution in [-0.4, -0.2) is 29.5 Å². The van der Waals surface area contributed by atoms with Crippen molar-refractivity contribution in [2.24, 2.45) is 11.7 Å². The predicted molar refractivity (Wildman–Crippen MR) is 80.4 cm³/mol. The van der Waals surface area contributed by atoms with E-state index in [4.69, 9.17) is 5.73 Å². The Labute approximate surface area is 122 Å². The van der Waals surface area contributed by atoms with Crippen LogP contribution in [0.25, 0.3) is 0 Å². The molecule has 3 nitrogen and oxygen atoms in total. The van der Waals surface area contributed by atoms with Gasteiger partial charge in [-0.1, -0.05) is 6.07 Å². The van der Waals surface area contributed by atoms with E-state index in [1.165, 1.54) is 37.9 Å². The van der Waals surface area contributed by atoms with Crippen molar-refractivity contribution in [1.29, 1.82) is 0 Å². The first-order chi connectivity index (χ1) is 7.88. The highest BCUT2D eigenvalue weighted by Crippen LogP contribution is 2.20. The topological polar surface area (TPSA) is 42.1 Å². The highest BCUT2D eigenvalue weighted by Gasteiger charge is 2.18. The van der Waals surface area contributed by atoms with Gasteiger partial charge in [0.2, 0.25) is 0 Å². The summed E-state index contributed by atoms with van der Waals surface area (Å²) in [6.07, 6.45) is 7.60. The summed E-state index contributed by atoms with van der Waals surface area (Å²) < 4.78 is 0. The van der Waals surface area contributed by atoms with Crippen LogP contribution in [-0.2, 0) is 6.54 Å². The first-order valence-corrected chi connectivity index (χ1v) is 6.20. The van der Waals surface area contributed by atoms with E-state index in [0.717, 1.165) is 19.0 Å².